The van der Waals surface area contributed by atoms with Gasteiger partial charge in [-0.1, -0.05) is 17.3 Å². The average Bonchev–Trinajstić information content (AvgIpc) is 2.91. The molecule has 1 aromatic heterocycles. The maximum absolute atomic E-state index is 12.2. The number of aryl methyl sites for hydroxylation is 1. The van der Waals surface area contributed by atoms with Crippen LogP contribution in [0.25, 0.3) is 11.5 Å². The summed E-state index contributed by atoms with van der Waals surface area (Å²) in [4.78, 5) is 6.11. The zero-order valence-corrected chi connectivity index (χ0v) is 12.5. The van der Waals surface area contributed by atoms with Crippen LogP contribution in [0.15, 0.2) is 28.8 Å². The van der Waals surface area contributed by atoms with E-state index in [1.807, 2.05) is 32.3 Å². The molecule has 0 aliphatic rings. The predicted molar refractivity (Wildman–Crippen MR) is 76.4 cm³/mol. The first kappa shape index (κ1) is 16.5. The molecule has 120 valence electrons. The van der Waals surface area contributed by atoms with Gasteiger partial charge in [-0.25, -0.2) is 0 Å². The van der Waals surface area contributed by atoms with E-state index in [1.54, 1.807) is 6.07 Å². The summed E-state index contributed by atoms with van der Waals surface area (Å²) >= 11 is 0. The average molecular weight is 313 g/mol. The highest BCUT2D eigenvalue weighted by molar-refractivity contribution is 5.54. The van der Waals surface area contributed by atoms with Crippen LogP contribution in [-0.4, -0.2) is 41.9 Å². The number of halogens is 3. The second-order valence-electron chi connectivity index (χ2n) is 5.38. The highest BCUT2D eigenvalue weighted by Gasteiger charge is 2.27. The summed E-state index contributed by atoms with van der Waals surface area (Å²) in [6.07, 6.45) is -4.56. The van der Waals surface area contributed by atoms with Crippen LogP contribution < -0.4 is 0 Å². The van der Waals surface area contributed by atoms with E-state index in [0.717, 1.165) is 24.1 Å². The van der Waals surface area contributed by atoms with Gasteiger partial charge in [0.05, 0.1) is 6.42 Å². The third kappa shape index (κ3) is 5.14. The molecule has 7 heteroatoms. The van der Waals surface area contributed by atoms with Crippen molar-refractivity contribution in [3.63, 3.8) is 0 Å². The zero-order valence-electron chi connectivity index (χ0n) is 12.5. The quantitative estimate of drug-likeness (QED) is 0.820. The molecule has 0 fully saturated rings. The fourth-order valence-corrected chi connectivity index (χ4v) is 1.94. The van der Waals surface area contributed by atoms with Crippen LogP contribution in [0.5, 0.6) is 0 Å². The molecular weight excluding hydrogens is 295 g/mol. The van der Waals surface area contributed by atoms with Gasteiger partial charge in [-0.05, 0) is 38.2 Å². The Morgan fingerprint density at radius 1 is 1.18 bits per heavy atom. The molecule has 0 N–H and O–H groups in total. The molecule has 0 radical (unpaired) electrons. The van der Waals surface area contributed by atoms with Crippen molar-refractivity contribution in [1.82, 2.24) is 15.0 Å². The van der Waals surface area contributed by atoms with Gasteiger partial charge in [0.15, 0.2) is 5.82 Å². The standard InChI is InChI=1S/C15H18F3N3O/c1-21(2)9-7-11-4-3-5-12(10-11)14-19-13(20-22-14)6-8-15(16,17)18/h3-5,10H,6-9H2,1-2H3. The van der Waals surface area contributed by atoms with Crippen molar-refractivity contribution >= 4 is 0 Å². The number of aromatic nitrogens is 2. The molecular formula is C15H18F3N3O. The molecule has 2 rings (SSSR count). The summed E-state index contributed by atoms with van der Waals surface area (Å²) in [5, 5.41) is 3.61. The van der Waals surface area contributed by atoms with Gasteiger partial charge in [-0.3, -0.25) is 0 Å². The Morgan fingerprint density at radius 3 is 2.64 bits per heavy atom. The Hall–Kier alpha value is -1.89. The molecule has 0 unspecified atom stereocenters. The van der Waals surface area contributed by atoms with Crippen LogP contribution in [0.4, 0.5) is 13.2 Å². The Labute approximate surface area is 126 Å². The van der Waals surface area contributed by atoms with Crippen LogP contribution in [0.1, 0.15) is 17.8 Å². The van der Waals surface area contributed by atoms with Crippen molar-refractivity contribution in [1.29, 1.82) is 0 Å². The van der Waals surface area contributed by atoms with Crippen LogP contribution in [0.3, 0.4) is 0 Å². The van der Waals surface area contributed by atoms with Crippen LogP contribution >= 0.6 is 0 Å². The van der Waals surface area contributed by atoms with E-state index in [2.05, 4.69) is 15.0 Å². The molecule has 22 heavy (non-hydrogen) atoms. The van der Waals surface area contributed by atoms with Gasteiger partial charge in [0.2, 0.25) is 0 Å². The van der Waals surface area contributed by atoms with Gasteiger partial charge in [0, 0.05) is 18.5 Å². The van der Waals surface area contributed by atoms with Crippen molar-refractivity contribution in [3.05, 3.63) is 35.7 Å². The lowest BCUT2D eigenvalue weighted by Gasteiger charge is -2.09. The number of hydrogen-bond acceptors (Lipinski definition) is 4. The van der Waals surface area contributed by atoms with E-state index < -0.39 is 12.6 Å². The van der Waals surface area contributed by atoms with Crippen molar-refractivity contribution in [2.45, 2.75) is 25.4 Å². The van der Waals surface area contributed by atoms with Crippen molar-refractivity contribution in [2.75, 3.05) is 20.6 Å². The number of hydrogen-bond donors (Lipinski definition) is 0. The van der Waals surface area contributed by atoms with Gasteiger partial charge in [-0.15, -0.1) is 0 Å². The normalized spacial score (nSPS) is 12.1. The summed E-state index contributed by atoms with van der Waals surface area (Å²) < 4.78 is 41.6. The first-order valence-electron chi connectivity index (χ1n) is 6.97. The van der Waals surface area contributed by atoms with Gasteiger partial charge in [0.25, 0.3) is 5.89 Å². The Kier molecular flexibility index (Phi) is 5.18. The number of rotatable bonds is 6. The third-order valence-corrected chi connectivity index (χ3v) is 3.12. The Morgan fingerprint density at radius 2 is 1.95 bits per heavy atom. The molecule has 2 aromatic rings. The van der Waals surface area contributed by atoms with Crippen LogP contribution in [0.2, 0.25) is 0 Å². The second kappa shape index (κ2) is 6.91. The summed E-state index contributed by atoms with van der Waals surface area (Å²) in [6.45, 7) is 0.907. The lowest BCUT2D eigenvalue weighted by atomic mass is 10.1. The number of benzene rings is 1. The van der Waals surface area contributed by atoms with Crippen molar-refractivity contribution in [3.8, 4) is 11.5 Å². The molecule has 0 spiro atoms. The van der Waals surface area contributed by atoms with Gasteiger partial charge < -0.3 is 9.42 Å². The fourth-order valence-electron chi connectivity index (χ4n) is 1.94. The molecule has 0 saturated heterocycles. The SMILES string of the molecule is CN(C)CCc1cccc(-c2nc(CCC(F)(F)F)no2)c1. The highest BCUT2D eigenvalue weighted by atomic mass is 19.4. The minimum Gasteiger partial charge on any atom is -0.334 e. The summed E-state index contributed by atoms with van der Waals surface area (Å²) in [7, 11) is 3.99. The largest absolute Gasteiger partial charge is 0.389 e. The maximum Gasteiger partial charge on any atom is 0.389 e. The first-order chi connectivity index (χ1) is 10.3. The summed E-state index contributed by atoms with van der Waals surface area (Å²) in [5.74, 6) is 0.329. The topological polar surface area (TPSA) is 42.2 Å². The minimum absolute atomic E-state index is 0.0750. The van der Waals surface area contributed by atoms with Crippen molar-refractivity contribution < 1.29 is 17.7 Å². The van der Waals surface area contributed by atoms with Gasteiger partial charge >= 0.3 is 6.18 Å². The minimum atomic E-state index is -4.22. The van der Waals surface area contributed by atoms with E-state index in [4.69, 9.17) is 4.52 Å². The molecule has 0 atom stereocenters. The van der Waals surface area contributed by atoms with Crippen molar-refractivity contribution in [2.24, 2.45) is 0 Å². The lowest BCUT2D eigenvalue weighted by molar-refractivity contribution is -0.134. The Bertz CT molecular complexity index is 608. The Balaban J connectivity index is 2.05. The third-order valence-electron chi connectivity index (χ3n) is 3.12. The molecule has 0 amide bonds. The van der Waals surface area contributed by atoms with Gasteiger partial charge in [0.1, 0.15) is 0 Å². The van der Waals surface area contributed by atoms with E-state index in [-0.39, 0.29) is 18.1 Å². The fraction of sp³-hybridized carbons (Fsp3) is 0.467. The van der Waals surface area contributed by atoms with Gasteiger partial charge in [-0.2, -0.15) is 18.2 Å². The highest BCUT2D eigenvalue weighted by Crippen LogP contribution is 2.23. The molecule has 1 heterocycles. The summed E-state index contributed by atoms with van der Waals surface area (Å²) in [6, 6.07) is 7.60. The number of nitrogens with zero attached hydrogens (tertiary/aromatic N) is 3. The maximum atomic E-state index is 12.2. The summed E-state index contributed by atoms with van der Waals surface area (Å²) in [5.41, 5.74) is 1.84. The zero-order chi connectivity index (χ0) is 16.2. The van der Waals surface area contributed by atoms with Crippen LogP contribution in [-0.2, 0) is 12.8 Å². The lowest BCUT2D eigenvalue weighted by Crippen LogP contribution is -2.14. The first-order valence-corrected chi connectivity index (χ1v) is 6.97. The smallest absolute Gasteiger partial charge is 0.334 e. The number of alkyl halides is 3. The molecule has 0 saturated carbocycles. The van der Waals surface area contributed by atoms with E-state index in [0.29, 0.717) is 0 Å². The van der Waals surface area contributed by atoms with Crippen LogP contribution in [0, 0.1) is 0 Å². The molecule has 0 aliphatic carbocycles. The van der Waals surface area contributed by atoms with E-state index >= 15 is 0 Å². The molecule has 0 aliphatic heterocycles. The predicted octanol–water partition coefficient (Wildman–Crippen LogP) is 3.34. The second-order valence-corrected chi connectivity index (χ2v) is 5.38. The monoisotopic (exact) mass is 313 g/mol. The molecule has 1 aromatic carbocycles. The van der Waals surface area contributed by atoms with E-state index in [9.17, 15) is 13.2 Å². The molecule has 4 nitrogen and oxygen atoms in total. The number of likely N-dealkylation sites (N-methyl/N-ethyl adjacent to an activating group) is 1. The van der Waals surface area contributed by atoms with E-state index in [1.165, 1.54) is 0 Å². The molecule has 0 bridgehead atoms.